The van der Waals surface area contributed by atoms with Gasteiger partial charge in [-0.15, -0.1) is 0 Å². The first-order chi connectivity index (χ1) is 10.6. The molecular weight excluding hydrogens is 339 g/mol. The van der Waals surface area contributed by atoms with Gasteiger partial charge in [0.25, 0.3) is 5.91 Å². The number of halogens is 4. The lowest BCUT2D eigenvalue weighted by atomic mass is 10.2. The SMILES string of the molecule is CCc1nc2c(Cl)cc(C(F)(F)F)cn2c1C(=O)NCC(=O)O. The molecule has 0 aliphatic heterocycles. The molecule has 0 bridgehead atoms. The second kappa shape index (κ2) is 6.07. The molecular formula is C13H11ClF3N3O3. The molecule has 23 heavy (non-hydrogen) atoms. The van der Waals surface area contributed by atoms with Gasteiger partial charge in [0.05, 0.1) is 16.3 Å². The maximum Gasteiger partial charge on any atom is 0.417 e. The third-order valence-corrected chi connectivity index (χ3v) is 3.30. The predicted molar refractivity (Wildman–Crippen MR) is 74.6 cm³/mol. The first-order valence-electron chi connectivity index (χ1n) is 6.42. The molecule has 0 spiro atoms. The molecule has 0 aromatic carbocycles. The molecule has 0 aliphatic rings. The number of hydrogen-bond acceptors (Lipinski definition) is 3. The van der Waals surface area contributed by atoms with E-state index in [1.165, 1.54) is 0 Å². The molecule has 2 heterocycles. The van der Waals surface area contributed by atoms with Crippen LogP contribution in [0.5, 0.6) is 0 Å². The molecule has 6 nitrogen and oxygen atoms in total. The summed E-state index contributed by atoms with van der Waals surface area (Å²) in [7, 11) is 0. The van der Waals surface area contributed by atoms with Crippen molar-refractivity contribution in [1.29, 1.82) is 0 Å². The van der Waals surface area contributed by atoms with Crippen molar-refractivity contribution in [3.63, 3.8) is 0 Å². The number of aryl methyl sites for hydroxylation is 1. The van der Waals surface area contributed by atoms with Crippen molar-refractivity contribution in [1.82, 2.24) is 14.7 Å². The monoisotopic (exact) mass is 349 g/mol. The molecule has 0 fully saturated rings. The lowest BCUT2D eigenvalue weighted by molar-refractivity contribution is -0.138. The van der Waals surface area contributed by atoms with E-state index in [-0.39, 0.29) is 28.5 Å². The number of rotatable bonds is 4. The number of pyridine rings is 1. The molecule has 2 N–H and O–H groups in total. The van der Waals surface area contributed by atoms with Crippen LogP contribution in [0.4, 0.5) is 13.2 Å². The highest BCUT2D eigenvalue weighted by atomic mass is 35.5. The Labute approximate surface area is 132 Å². The van der Waals surface area contributed by atoms with Gasteiger partial charge in [-0.2, -0.15) is 13.2 Å². The fourth-order valence-corrected chi connectivity index (χ4v) is 2.28. The van der Waals surface area contributed by atoms with Crippen LogP contribution in [0.1, 0.15) is 28.7 Å². The summed E-state index contributed by atoms with van der Waals surface area (Å²) in [6.45, 7) is 0.996. The third-order valence-electron chi connectivity index (χ3n) is 3.02. The third kappa shape index (κ3) is 3.39. The molecule has 2 aromatic heterocycles. The average Bonchev–Trinajstić information content (AvgIpc) is 2.83. The standard InChI is InChI=1S/C13H11ClF3N3O3/c1-2-8-10(12(23)18-4-9(21)22)20-5-6(13(15,16)17)3-7(14)11(20)19-8/h3,5H,2,4H2,1H3,(H,18,23)(H,21,22). The number of imidazole rings is 1. The Morgan fingerprint density at radius 2 is 2.09 bits per heavy atom. The Kier molecular flexibility index (Phi) is 4.51. The minimum Gasteiger partial charge on any atom is -0.480 e. The lowest BCUT2D eigenvalue weighted by Gasteiger charge is -2.10. The van der Waals surface area contributed by atoms with Gasteiger partial charge in [-0.1, -0.05) is 18.5 Å². The van der Waals surface area contributed by atoms with Crippen LogP contribution in [0.2, 0.25) is 5.02 Å². The molecule has 0 atom stereocenters. The van der Waals surface area contributed by atoms with Crippen LogP contribution >= 0.6 is 11.6 Å². The van der Waals surface area contributed by atoms with Gasteiger partial charge in [-0.3, -0.25) is 14.0 Å². The zero-order valence-electron chi connectivity index (χ0n) is 11.7. The topological polar surface area (TPSA) is 83.7 Å². The lowest BCUT2D eigenvalue weighted by Crippen LogP contribution is -2.30. The smallest absolute Gasteiger partial charge is 0.417 e. The summed E-state index contributed by atoms with van der Waals surface area (Å²) in [5, 5.41) is 10.4. The van der Waals surface area contributed by atoms with Crippen LogP contribution in [0, 0.1) is 0 Å². The van der Waals surface area contributed by atoms with E-state index >= 15 is 0 Å². The summed E-state index contributed by atoms with van der Waals surface area (Å²) in [6, 6.07) is 0.724. The Bertz CT molecular complexity index is 786. The van der Waals surface area contributed by atoms with Crippen molar-refractivity contribution in [3.8, 4) is 0 Å². The largest absolute Gasteiger partial charge is 0.480 e. The van der Waals surface area contributed by atoms with Crippen LogP contribution < -0.4 is 5.32 Å². The molecule has 2 aromatic rings. The van der Waals surface area contributed by atoms with Crippen LogP contribution in [-0.2, 0) is 17.4 Å². The number of nitrogens with one attached hydrogen (secondary N) is 1. The maximum absolute atomic E-state index is 12.9. The van der Waals surface area contributed by atoms with E-state index in [0.717, 1.165) is 10.5 Å². The zero-order chi connectivity index (χ0) is 17.4. The molecule has 10 heteroatoms. The van der Waals surface area contributed by atoms with E-state index in [4.69, 9.17) is 16.7 Å². The van der Waals surface area contributed by atoms with Gasteiger partial charge in [0.15, 0.2) is 5.65 Å². The maximum atomic E-state index is 12.9. The number of alkyl halides is 3. The number of nitrogens with zero attached hydrogens (tertiary/aromatic N) is 2. The average molecular weight is 350 g/mol. The van der Waals surface area contributed by atoms with Gasteiger partial charge >= 0.3 is 12.1 Å². The van der Waals surface area contributed by atoms with Gasteiger partial charge in [-0.05, 0) is 12.5 Å². The van der Waals surface area contributed by atoms with Crippen LogP contribution in [0.3, 0.4) is 0 Å². The number of aromatic nitrogens is 2. The Hall–Kier alpha value is -2.29. The predicted octanol–water partition coefficient (Wildman–Crippen LogP) is 2.38. The van der Waals surface area contributed by atoms with Crippen LogP contribution in [-0.4, -0.2) is 32.9 Å². The molecule has 0 saturated heterocycles. The molecule has 124 valence electrons. The van der Waals surface area contributed by atoms with Crippen molar-refractivity contribution in [2.75, 3.05) is 6.54 Å². The van der Waals surface area contributed by atoms with Crippen molar-refractivity contribution in [3.05, 3.63) is 34.2 Å². The van der Waals surface area contributed by atoms with Crippen molar-refractivity contribution in [2.45, 2.75) is 19.5 Å². The quantitative estimate of drug-likeness (QED) is 0.887. The number of carboxylic acid groups (broad SMARTS) is 1. The number of amides is 1. The molecule has 2 rings (SSSR count). The normalized spacial score (nSPS) is 11.7. The minimum atomic E-state index is -4.65. The fourth-order valence-electron chi connectivity index (χ4n) is 2.03. The fraction of sp³-hybridized carbons (Fsp3) is 0.308. The van der Waals surface area contributed by atoms with Crippen molar-refractivity contribution in [2.24, 2.45) is 0 Å². The summed E-state index contributed by atoms with van der Waals surface area (Å²) >= 11 is 5.83. The van der Waals surface area contributed by atoms with E-state index in [9.17, 15) is 22.8 Å². The summed E-state index contributed by atoms with van der Waals surface area (Å²) in [5.41, 5.74) is -0.995. The van der Waals surface area contributed by atoms with Gasteiger partial charge in [-0.25, -0.2) is 4.98 Å². The molecule has 0 radical (unpaired) electrons. The van der Waals surface area contributed by atoms with Crippen LogP contribution in [0.25, 0.3) is 5.65 Å². The molecule has 1 amide bonds. The van der Waals surface area contributed by atoms with E-state index < -0.39 is 30.2 Å². The van der Waals surface area contributed by atoms with Crippen molar-refractivity contribution >= 4 is 29.1 Å². The number of carboxylic acids is 1. The summed E-state index contributed by atoms with van der Waals surface area (Å²) < 4.78 is 39.6. The summed E-state index contributed by atoms with van der Waals surface area (Å²) in [6.07, 6.45) is -3.68. The van der Waals surface area contributed by atoms with E-state index in [0.29, 0.717) is 6.20 Å². The highest BCUT2D eigenvalue weighted by Crippen LogP contribution is 2.33. The van der Waals surface area contributed by atoms with Gasteiger partial charge in [0.1, 0.15) is 12.2 Å². The minimum absolute atomic E-state index is 0.00279. The first kappa shape index (κ1) is 17.1. The summed E-state index contributed by atoms with van der Waals surface area (Å²) in [5.74, 6) is -2.12. The molecule has 0 aliphatic carbocycles. The zero-order valence-corrected chi connectivity index (χ0v) is 12.5. The van der Waals surface area contributed by atoms with Crippen LogP contribution in [0.15, 0.2) is 12.3 Å². The van der Waals surface area contributed by atoms with Crippen molar-refractivity contribution < 1.29 is 27.9 Å². The first-order valence-corrected chi connectivity index (χ1v) is 6.80. The van der Waals surface area contributed by atoms with Gasteiger partial charge < -0.3 is 10.4 Å². The van der Waals surface area contributed by atoms with E-state index in [1.807, 2.05) is 0 Å². The second-order valence-electron chi connectivity index (χ2n) is 4.61. The van der Waals surface area contributed by atoms with Gasteiger partial charge in [0.2, 0.25) is 0 Å². The number of fused-ring (bicyclic) bond motifs is 1. The molecule has 0 saturated carbocycles. The highest BCUT2D eigenvalue weighted by Gasteiger charge is 2.33. The summed E-state index contributed by atoms with van der Waals surface area (Å²) in [4.78, 5) is 26.7. The highest BCUT2D eigenvalue weighted by molar-refractivity contribution is 6.33. The second-order valence-corrected chi connectivity index (χ2v) is 5.01. The number of carbonyl (C=O) groups is 2. The number of carbonyl (C=O) groups excluding carboxylic acids is 1. The molecule has 0 unspecified atom stereocenters. The Morgan fingerprint density at radius 3 is 2.61 bits per heavy atom. The number of hydrogen-bond donors (Lipinski definition) is 2. The van der Waals surface area contributed by atoms with E-state index in [2.05, 4.69) is 10.3 Å². The Morgan fingerprint density at radius 1 is 1.43 bits per heavy atom. The van der Waals surface area contributed by atoms with Gasteiger partial charge in [0, 0.05) is 6.20 Å². The van der Waals surface area contributed by atoms with E-state index in [1.54, 1.807) is 6.92 Å². The Balaban J connectivity index is 2.63. The number of aliphatic carboxylic acids is 1.